The van der Waals surface area contributed by atoms with E-state index in [4.69, 9.17) is 26.2 Å². The van der Waals surface area contributed by atoms with Crippen LogP contribution in [0.15, 0.2) is 147 Å². The number of halogens is 7. The van der Waals surface area contributed by atoms with E-state index in [2.05, 4.69) is 60.0 Å². The number of rotatable bonds is 33. The van der Waals surface area contributed by atoms with Gasteiger partial charge in [-0.15, -0.1) is 23.1 Å². The second-order valence-corrected chi connectivity index (χ2v) is 37.2. The van der Waals surface area contributed by atoms with E-state index in [1.807, 2.05) is 112 Å². The number of piperazine rings is 1. The lowest BCUT2D eigenvalue weighted by Gasteiger charge is -2.41. The molecule has 6 atom stereocenters. The number of unbranched alkanes of at least 4 members (excludes halogenated alkanes) is 5. The van der Waals surface area contributed by atoms with Crippen molar-refractivity contribution in [1.82, 2.24) is 40.4 Å². The molecule has 1 aromatic heterocycles. The monoisotopic (exact) mass is 1710 g/mol. The number of β-amino-alcohol motifs (C(OH)–C–C–N with tert-alkyl or cyclic N) is 1. The second-order valence-electron chi connectivity index (χ2n) is 31.2. The number of sulfonamides is 1. The Hall–Kier alpha value is -8.15. The van der Waals surface area contributed by atoms with Crippen molar-refractivity contribution in [2.24, 2.45) is 10.8 Å². The van der Waals surface area contributed by atoms with Crippen molar-refractivity contribution in [3.63, 3.8) is 0 Å². The molecule has 10 rings (SSSR count). The number of aliphatic carboxylic acids is 1. The number of allylic oxidation sites excluding steroid dienone is 1. The number of sulfone groups is 1. The van der Waals surface area contributed by atoms with E-state index in [1.165, 1.54) is 39.9 Å². The van der Waals surface area contributed by atoms with Gasteiger partial charge in [0.15, 0.2) is 0 Å². The molecule has 5 amide bonds. The number of nitrogens with zero attached hydrogens (tertiary/aromatic N) is 5. The predicted octanol–water partition coefficient (Wildman–Crippen LogP) is 13.5. The lowest BCUT2D eigenvalue weighted by molar-refractivity contribution is -0.192. The van der Waals surface area contributed by atoms with Gasteiger partial charge in [0.05, 0.1) is 52.0 Å². The number of aliphatic hydroxyl groups excluding tert-OH is 1. The van der Waals surface area contributed by atoms with Gasteiger partial charge in [-0.05, 0) is 152 Å². The first-order valence-corrected chi connectivity index (χ1v) is 43.9. The summed E-state index contributed by atoms with van der Waals surface area (Å²) in [6.07, 6.45) is 2.38. The van der Waals surface area contributed by atoms with Gasteiger partial charge in [0.2, 0.25) is 23.6 Å². The Morgan fingerprint density at radius 3 is 1.99 bits per heavy atom. The highest BCUT2D eigenvalue weighted by Crippen LogP contribution is 2.44. The minimum atomic E-state index is -6.11. The van der Waals surface area contributed by atoms with E-state index in [1.54, 1.807) is 23.5 Å². The highest BCUT2D eigenvalue weighted by atomic mass is 35.5. The molecule has 3 fully saturated rings. The summed E-state index contributed by atoms with van der Waals surface area (Å²) in [5, 5.41) is 30.8. The number of nitrogens with one attached hydrogen (secondary N) is 5. The third kappa shape index (κ3) is 26.2. The van der Waals surface area contributed by atoms with Crippen molar-refractivity contribution < 1.29 is 86.9 Å². The maximum absolute atomic E-state index is 14.4. The van der Waals surface area contributed by atoms with Crippen molar-refractivity contribution in [2.45, 2.75) is 182 Å². The van der Waals surface area contributed by atoms with E-state index < -0.39 is 94.5 Å². The summed E-state index contributed by atoms with van der Waals surface area (Å²) in [5.41, 5.74) is 1.98. The van der Waals surface area contributed by atoms with Crippen LogP contribution in [0.1, 0.15) is 151 Å². The van der Waals surface area contributed by atoms with Gasteiger partial charge in [-0.2, -0.15) is 26.3 Å². The number of morpholine rings is 1. The normalized spacial score (nSPS) is 18.8. The average Bonchev–Trinajstić information content (AvgIpc) is 0.915. The molecule has 3 aliphatic heterocycles. The summed E-state index contributed by atoms with van der Waals surface area (Å²) in [6, 6.07) is 31.1. The minimum absolute atomic E-state index is 0.00295. The van der Waals surface area contributed by atoms with Gasteiger partial charge in [0.25, 0.3) is 25.8 Å². The molecular formula is C82H103ClF6N10O13S4. The summed E-state index contributed by atoms with van der Waals surface area (Å²) < 4.78 is 136. The number of thioether (sulfide) groups is 1. The lowest BCUT2D eigenvalue weighted by atomic mass is 9.71. The zero-order chi connectivity index (χ0) is 84.3. The fourth-order valence-corrected chi connectivity index (χ4v) is 18.4. The first-order valence-electron chi connectivity index (χ1n) is 38.7. The van der Waals surface area contributed by atoms with Gasteiger partial charge in [-0.3, -0.25) is 33.8 Å². The minimum Gasteiger partial charge on any atom is -0.475 e. The smallest absolute Gasteiger partial charge is 0.475 e. The fraction of sp³-hybridized carbons (Fsp3) is 0.500. The number of alkyl halides is 6. The van der Waals surface area contributed by atoms with E-state index in [9.17, 15) is 72.3 Å². The Balaban J connectivity index is 0.00000210. The highest BCUT2D eigenvalue weighted by molar-refractivity contribution is 7.99. The van der Waals surface area contributed by atoms with Crippen LogP contribution in [0.4, 0.5) is 37.7 Å². The molecular weight excluding hydrogens is 1610 g/mol. The van der Waals surface area contributed by atoms with Crippen LogP contribution in [0.25, 0.3) is 16.0 Å². The quantitative estimate of drug-likeness (QED) is 0.0114. The van der Waals surface area contributed by atoms with Crippen LogP contribution in [0, 0.1) is 17.8 Å². The van der Waals surface area contributed by atoms with Crippen LogP contribution in [0.2, 0.25) is 5.02 Å². The van der Waals surface area contributed by atoms with Gasteiger partial charge >= 0.3 is 17.7 Å². The molecule has 116 heavy (non-hydrogen) atoms. The fourth-order valence-electron chi connectivity index (χ4n) is 14.5. The van der Waals surface area contributed by atoms with Gasteiger partial charge in [0.1, 0.15) is 17.0 Å². The van der Waals surface area contributed by atoms with Crippen LogP contribution >= 0.6 is 34.7 Å². The van der Waals surface area contributed by atoms with Crippen molar-refractivity contribution in [3.8, 4) is 10.4 Å². The van der Waals surface area contributed by atoms with Crippen LogP contribution in [0.5, 0.6) is 0 Å². The van der Waals surface area contributed by atoms with Crippen molar-refractivity contribution in [2.75, 3.05) is 94.6 Å². The van der Waals surface area contributed by atoms with Crippen LogP contribution in [-0.2, 0) is 48.6 Å². The molecule has 0 spiro atoms. The van der Waals surface area contributed by atoms with Crippen molar-refractivity contribution in [3.05, 3.63) is 160 Å². The molecule has 6 unspecified atom stereocenters. The molecule has 0 radical (unpaired) electrons. The number of aromatic nitrogens is 1. The number of aryl methyl sites for hydroxylation is 1. The molecule has 7 N–H and O–H groups in total. The number of likely N-dealkylation sites (tertiary alicyclic amines) is 1. The van der Waals surface area contributed by atoms with E-state index in [0.29, 0.717) is 108 Å². The first kappa shape index (κ1) is 91.7. The number of aliphatic hydroxyl groups is 1. The maximum atomic E-state index is 14.4. The van der Waals surface area contributed by atoms with Crippen LogP contribution < -0.4 is 30.9 Å². The summed E-state index contributed by atoms with van der Waals surface area (Å²) in [5.74, 6) is -4.51. The third-order valence-electron chi connectivity index (χ3n) is 21.1. The molecule has 4 heterocycles. The summed E-state index contributed by atoms with van der Waals surface area (Å²) in [6.45, 7) is 18.4. The molecule has 6 aromatic rings. The number of carbonyl (C=O) groups excluding carboxylic acids is 5. The third-order valence-corrected chi connectivity index (χ3v) is 26.4. The predicted molar refractivity (Wildman–Crippen MR) is 436 cm³/mol. The number of thiazole rings is 1. The molecule has 0 bridgehead atoms. The Morgan fingerprint density at radius 2 is 1.39 bits per heavy atom. The molecule has 23 nitrogen and oxygen atoms in total. The number of ether oxygens (including phenoxy) is 1. The topological polar surface area (TPSA) is 306 Å². The molecule has 5 aromatic carbocycles. The van der Waals surface area contributed by atoms with Crippen molar-refractivity contribution >= 4 is 107 Å². The maximum Gasteiger partial charge on any atom is 0.501 e. The van der Waals surface area contributed by atoms with Crippen molar-refractivity contribution in [1.29, 1.82) is 0 Å². The molecule has 3 saturated heterocycles. The van der Waals surface area contributed by atoms with Gasteiger partial charge in [-0.1, -0.05) is 125 Å². The number of amides is 5. The average molecular weight is 1710 g/mol. The molecule has 4 aliphatic rings. The zero-order valence-electron chi connectivity index (χ0n) is 65.8. The standard InChI is InChI=1S/C80H102ClF3N10O11S4.C2HF3O2/c1-54(56-20-22-58(23-21-56)73-55(2)86-53-107-73)87-76(99)69-46-64(95)50-94(69)77(100)74(78(3,4)5)89-72(97)19-15-10-8-7-9-14-18-71(96)85-52-79(6)36-34-67(57-24-28-61(81)29-25-57)60(48-79)49-92-38-40-93(41-39-92)63-30-26-59(27-31-63)75(98)90-109(103,104)66-32-33-68(70(47-66)108(101,102)80(82,83)84)88-62(35-37-91-42-44-105-45-43-91)51-106-65-16-12-11-13-17-65;3-2(4,5)1(6)7/h11-13,16-17,20-33,47,53-54,62,64,69,74,88,95H,7-10,14-15,18-19,34-46,48-52H2,1-6H3,(H,85,96)(H,87,99)(H,89,97)(H,90,98);(H,6,7). The van der Waals surface area contributed by atoms with E-state index in [-0.39, 0.29) is 54.1 Å². The number of hydrogen-bond donors (Lipinski definition) is 7. The number of carboxylic acid groups (broad SMARTS) is 1. The van der Waals surface area contributed by atoms with E-state index in [0.717, 1.165) is 101 Å². The van der Waals surface area contributed by atoms with Crippen LogP contribution in [-0.4, -0.2) is 203 Å². The highest BCUT2D eigenvalue weighted by Gasteiger charge is 2.49. The summed E-state index contributed by atoms with van der Waals surface area (Å²) >= 11 is 9.36. The zero-order valence-corrected chi connectivity index (χ0v) is 69.8. The second kappa shape index (κ2) is 41.0. The molecule has 632 valence electrons. The van der Waals surface area contributed by atoms with Gasteiger partial charge in [-0.25, -0.2) is 31.3 Å². The summed E-state index contributed by atoms with van der Waals surface area (Å²) in [7, 11) is -11.0. The van der Waals surface area contributed by atoms with Gasteiger partial charge in [0, 0.05) is 118 Å². The first-order chi connectivity index (χ1) is 54.8. The summed E-state index contributed by atoms with van der Waals surface area (Å²) in [4.78, 5) is 89.7. The number of benzene rings is 5. The largest absolute Gasteiger partial charge is 0.501 e. The molecule has 34 heteroatoms. The number of carbonyl (C=O) groups is 6. The Labute approximate surface area is 687 Å². The number of carboxylic acids is 1. The Morgan fingerprint density at radius 1 is 0.767 bits per heavy atom. The lowest BCUT2D eigenvalue weighted by Crippen LogP contribution is -2.57. The molecule has 0 saturated carbocycles. The van der Waals surface area contributed by atoms with Gasteiger partial charge < -0.3 is 46.0 Å². The SMILES string of the molecule is Cc1ncsc1-c1ccc(C(C)NC(=O)C2CC(O)CN2C(=O)C(NC(=O)CCCCCCCCC(=O)NCC2(C)CCC(c3ccc(Cl)cc3)=C(CN3CCN(c4ccc(C(=O)NS(=O)(=O)c5ccc(NC(CCN6CCOCC6)CSc6ccccc6)c(S(=O)(=O)C(F)(F)F)c5)cc4)CC3)C2)C(C)(C)C)cc1.O=C(O)C(F)(F)F. The van der Waals surface area contributed by atoms with Crippen LogP contribution in [0.3, 0.4) is 0 Å². The number of hydrogen-bond acceptors (Lipinski definition) is 19. The van der Waals surface area contributed by atoms with E-state index >= 15 is 0 Å². The number of anilines is 2. The molecule has 1 aliphatic carbocycles. The Kier molecular flexibility index (Phi) is 32.4. The Bertz CT molecular complexity index is 4600.